The van der Waals surface area contributed by atoms with E-state index in [0.717, 1.165) is 44.5 Å². The molecule has 1 saturated heterocycles. The van der Waals surface area contributed by atoms with Gasteiger partial charge in [0.05, 0.1) is 6.10 Å². The molecule has 1 aliphatic rings. The molecular weight excluding hydrogens is 386 g/mol. The third-order valence-corrected chi connectivity index (χ3v) is 4.88. The van der Waals surface area contributed by atoms with Crippen molar-refractivity contribution in [3.05, 3.63) is 47.5 Å². The monoisotopic (exact) mass is 419 g/mol. The van der Waals surface area contributed by atoms with Crippen LogP contribution >= 0.6 is 0 Å². The predicted molar refractivity (Wildman–Crippen MR) is 115 cm³/mol. The molecule has 0 saturated carbocycles. The first-order valence-corrected chi connectivity index (χ1v) is 10.2. The Hall–Kier alpha value is -2.51. The number of ketones is 1. The van der Waals surface area contributed by atoms with Crippen molar-refractivity contribution in [2.45, 2.75) is 58.0 Å². The van der Waals surface area contributed by atoms with Gasteiger partial charge in [-0.05, 0) is 36.8 Å². The van der Waals surface area contributed by atoms with Crippen molar-refractivity contribution in [2.24, 2.45) is 0 Å². The lowest BCUT2D eigenvalue weighted by atomic mass is 9.86. The van der Waals surface area contributed by atoms with Gasteiger partial charge in [-0.3, -0.25) is 4.79 Å². The molecule has 0 atom stereocenters. The molecule has 0 unspecified atom stereocenters. The van der Waals surface area contributed by atoms with Crippen molar-refractivity contribution in [3.63, 3.8) is 0 Å². The van der Waals surface area contributed by atoms with Gasteiger partial charge in [0, 0.05) is 37.2 Å². The van der Waals surface area contributed by atoms with Crippen LogP contribution in [-0.2, 0) is 15.0 Å². The number of hydrogen-bond acceptors (Lipinski definition) is 5. The Bertz CT molecular complexity index is 709. The molecule has 0 radical (unpaired) electrons. The Balaban J connectivity index is 0.000000479. The van der Waals surface area contributed by atoms with Crippen molar-refractivity contribution < 1.29 is 29.7 Å². The van der Waals surface area contributed by atoms with Crippen molar-refractivity contribution in [2.75, 3.05) is 19.6 Å². The van der Waals surface area contributed by atoms with Gasteiger partial charge in [-0.2, -0.15) is 0 Å². The van der Waals surface area contributed by atoms with E-state index in [-0.39, 0.29) is 17.3 Å². The summed E-state index contributed by atoms with van der Waals surface area (Å²) in [5.74, 6) is -2.28. The number of carbonyl (C=O) groups is 3. The highest BCUT2D eigenvalue weighted by atomic mass is 16.4. The lowest BCUT2D eigenvalue weighted by Gasteiger charge is -2.29. The number of carbonyl (C=O) groups excluding carboxylic acids is 1. The molecule has 1 aromatic carbocycles. The summed E-state index contributed by atoms with van der Waals surface area (Å²) >= 11 is 0. The molecule has 7 nitrogen and oxygen atoms in total. The number of rotatable bonds is 7. The number of Topliss-reactive ketones (excluding diaryl/α,β-unsaturated/α-hetero) is 1. The maximum absolute atomic E-state index is 12.2. The third kappa shape index (κ3) is 10.3. The number of aliphatic hydroxyl groups excluding tert-OH is 1. The molecule has 1 heterocycles. The van der Waals surface area contributed by atoms with Crippen LogP contribution in [-0.4, -0.2) is 63.7 Å². The van der Waals surface area contributed by atoms with Gasteiger partial charge in [-0.1, -0.05) is 45.0 Å². The predicted octanol–water partition coefficient (Wildman–Crippen LogP) is 3.12. The first-order valence-electron chi connectivity index (χ1n) is 10.2. The molecule has 30 heavy (non-hydrogen) atoms. The molecule has 0 aromatic heterocycles. The maximum atomic E-state index is 12.2. The zero-order valence-electron chi connectivity index (χ0n) is 18.0. The summed E-state index contributed by atoms with van der Waals surface area (Å²) in [5.41, 5.74) is 2.21. The minimum absolute atomic E-state index is 0.125. The zero-order chi connectivity index (χ0) is 22.7. The average molecular weight is 420 g/mol. The highest BCUT2D eigenvalue weighted by molar-refractivity contribution is 5.96. The van der Waals surface area contributed by atoms with Crippen LogP contribution in [0.25, 0.3) is 0 Å². The topological polar surface area (TPSA) is 115 Å². The molecule has 7 heteroatoms. The van der Waals surface area contributed by atoms with Gasteiger partial charge in [-0.15, -0.1) is 0 Å². The van der Waals surface area contributed by atoms with E-state index in [2.05, 4.69) is 37.8 Å². The van der Waals surface area contributed by atoms with Crippen molar-refractivity contribution in [1.82, 2.24) is 4.90 Å². The van der Waals surface area contributed by atoms with Gasteiger partial charge in [0.1, 0.15) is 0 Å². The standard InChI is InChI=1S/C19H29NO2.C4H4O4/c1-19(2,3)16-8-6-15(7-9-16)18(22)5-4-12-20-13-10-17(21)11-14-20;5-3(6)1-2-4(7)8/h6-9,17,21H,4-5,10-14H2,1-3H3;1-2H,(H,5,6)(H,7,8)/b;2-1+. The first-order chi connectivity index (χ1) is 14.0. The van der Waals surface area contributed by atoms with Crippen LogP contribution < -0.4 is 0 Å². The smallest absolute Gasteiger partial charge is 0.328 e. The minimum Gasteiger partial charge on any atom is -0.478 e. The van der Waals surface area contributed by atoms with Gasteiger partial charge in [0.25, 0.3) is 0 Å². The van der Waals surface area contributed by atoms with Crippen LogP contribution in [0.3, 0.4) is 0 Å². The fourth-order valence-electron chi connectivity index (χ4n) is 3.05. The van der Waals surface area contributed by atoms with E-state index in [1.165, 1.54) is 5.56 Å². The number of nitrogens with zero attached hydrogens (tertiary/aromatic N) is 1. The van der Waals surface area contributed by atoms with Crippen LogP contribution in [0.2, 0.25) is 0 Å². The molecule has 1 fully saturated rings. The van der Waals surface area contributed by atoms with E-state index in [0.29, 0.717) is 18.6 Å². The van der Waals surface area contributed by atoms with Crippen LogP contribution in [0.1, 0.15) is 62.4 Å². The number of hydrogen-bond donors (Lipinski definition) is 3. The van der Waals surface area contributed by atoms with Crippen LogP contribution in [0.4, 0.5) is 0 Å². The Morgan fingerprint density at radius 2 is 1.50 bits per heavy atom. The minimum atomic E-state index is -1.26. The number of carboxylic acids is 2. The number of piperidine rings is 1. The second kappa shape index (κ2) is 12.2. The summed E-state index contributed by atoms with van der Waals surface area (Å²) in [4.78, 5) is 33.7. The molecule has 166 valence electrons. The molecule has 3 N–H and O–H groups in total. The fourth-order valence-corrected chi connectivity index (χ4v) is 3.05. The van der Waals surface area contributed by atoms with E-state index in [9.17, 15) is 19.5 Å². The zero-order valence-corrected chi connectivity index (χ0v) is 18.0. The molecule has 0 spiro atoms. The van der Waals surface area contributed by atoms with Crippen molar-refractivity contribution in [3.8, 4) is 0 Å². The quantitative estimate of drug-likeness (QED) is 0.459. The van der Waals surface area contributed by atoms with Gasteiger partial charge in [0.15, 0.2) is 5.78 Å². The van der Waals surface area contributed by atoms with Crippen molar-refractivity contribution >= 4 is 17.7 Å². The normalized spacial score (nSPS) is 15.5. The highest BCUT2D eigenvalue weighted by Gasteiger charge is 2.17. The van der Waals surface area contributed by atoms with Gasteiger partial charge in [-0.25, -0.2) is 9.59 Å². The van der Waals surface area contributed by atoms with E-state index in [1.54, 1.807) is 0 Å². The van der Waals surface area contributed by atoms with Gasteiger partial charge in [0.2, 0.25) is 0 Å². The third-order valence-electron chi connectivity index (χ3n) is 4.88. The second-order valence-corrected chi connectivity index (χ2v) is 8.44. The molecule has 0 amide bonds. The summed E-state index contributed by atoms with van der Waals surface area (Å²) in [6, 6.07) is 8.05. The Morgan fingerprint density at radius 3 is 1.93 bits per heavy atom. The second-order valence-electron chi connectivity index (χ2n) is 8.44. The summed E-state index contributed by atoms with van der Waals surface area (Å²) in [7, 11) is 0. The Kier molecular flexibility index (Phi) is 10.4. The lowest BCUT2D eigenvalue weighted by molar-refractivity contribution is -0.134. The van der Waals surface area contributed by atoms with Crippen LogP contribution in [0.15, 0.2) is 36.4 Å². The molecular formula is C23H33NO6. The number of carboxylic acid groups (broad SMARTS) is 2. The Morgan fingerprint density at radius 1 is 1.00 bits per heavy atom. The average Bonchev–Trinajstić information content (AvgIpc) is 2.68. The summed E-state index contributed by atoms with van der Waals surface area (Å²) in [6.07, 6.45) is 4.22. The maximum Gasteiger partial charge on any atom is 0.328 e. The van der Waals surface area contributed by atoms with Crippen molar-refractivity contribution in [1.29, 1.82) is 0 Å². The van der Waals surface area contributed by atoms with E-state index in [4.69, 9.17) is 10.2 Å². The molecule has 1 aliphatic heterocycles. The molecule has 0 bridgehead atoms. The van der Waals surface area contributed by atoms with Crippen LogP contribution in [0, 0.1) is 0 Å². The number of aliphatic carboxylic acids is 2. The largest absolute Gasteiger partial charge is 0.478 e. The van der Waals surface area contributed by atoms with Gasteiger partial charge < -0.3 is 20.2 Å². The van der Waals surface area contributed by atoms with Gasteiger partial charge >= 0.3 is 11.9 Å². The summed E-state index contributed by atoms with van der Waals surface area (Å²) in [5, 5.41) is 25.1. The van der Waals surface area contributed by atoms with E-state index < -0.39 is 11.9 Å². The number of likely N-dealkylation sites (tertiary alicyclic amines) is 1. The summed E-state index contributed by atoms with van der Waals surface area (Å²) < 4.78 is 0. The summed E-state index contributed by atoms with van der Waals surface area (Å²) in [6.45, 7) is 9.40. The SMILES string of the molecule is CC(C)(C)c1ccc(C(=O)CCCN2CCC(O)CC2)cc1.O=C(O)/C=C/C(=O)O. The Labute approximate surface area is 178 Å². The number of aliphatic hydroxyl groups is 1. The fraction of sp³-hybridized carbons (Fsp3) is 0.522. The molecule has 2 rings (SSSR count). The lowest BCUT2D eigenvalue weighted by Crippen LogP contribution is -2.36. The highest BCUT2D eigenvalue weighted by Crippen LogP contribution is 2.22. The van der Waals surface area contributed by atoms with E-state index in [1.807, 2.05) is 12.1 Å². The van der Waals surface area contributed by atoms with Crippen LogP contribution in [0.5, 0.6) is 0 Å². The van der Waals surface area contributed by atoms with E-state index >= 15 is 0 Å². The molecule has 1 aromatic rings. The molecule has 0 aliphatic carbocycles. The first kappa shape index (κ1) is 25.5. The number of benzene rings is 1.